The highest BCUT2D eigenvalue weighted by Crippen LogP contribution is 2.45. The molecule has 0 aromatic rings. The zero-order valence-corrected chi connectivity index (χ0v) is 13.5. The van der Waals surface area contributed by atoms with Crippen LogP contribution < -0.4 is 5.73 Å². The van der Waals surface area contributed by atoms with Gasteiger partial charge < -0.3 is 34.2 Å². The van der Waals surface area contributed by atoms with Gasteiger partial charge in [0, 0.05) is 0 Å². The third kappa shape index (κ3) is 2.34. The molecule has 0 aromatic heterocycles. The molecule has 8 nitrogen and oxygen atoms in total. The molecule has 0 bridgehead atoms. The molecule has 0 spiro atoms. The van der Waals surface area contributed by atoms with E-state index in [4.69, 9.17) is 34.2 Å². The minimum Gasteiger partial charge on any atom is -0.467 e. The molecule has 0 aliphatic carbocycles. The molecule has 3 aliphatic heterocycles. The van der Waals surface area contributed by atoms with E-state index in [0.29, 0.717) is 0 Å². The van der Waals surface area contributed by atoms with E-state index in [2.05, 4.69) is 0 Å². The van der Waals surface area contributed by atoms with Gasteiger partial charge in [0.25, 0.3) is 0 Å². The third-order valence-electron chi connectivity index (χ3n) is 4.19. The summed E-state index contributed by atoms with van der Waals surface area (Å²) in [4.78, 5) is 12.4. The first-order valence-electron chi connectivity index (χ1n) is 7.29. The zero-order chi connectivity index (χ0) is 16.3. The normalized spacial score (nSPS) is 45.7. The molecule has 3 saturated heterocycles. The standard InChI is InChI=1S/C14H23NO7/c1-12(2)18-6-7(20-12)8-14(15,11(16)17-5)9-10(19-8)22-13(3,4)21-9/h7-10H,6,15H2,1-5H3/t7-,8-,9+,10-,14+/m1/s1. The minimum atomic E-state index is -1.53. The van der Waals surface area contributed by atoms with Crippen LogP contribution in [0.1, 0.15) is 27.7 Å². The highest BCUT2D eigenvalue weighted by molar-refractivity contribution is 5.83. The molecule has 3 fully saturated rings. The number of carbonyl (C=O) groups excluding carboxylic acids is 1. The molecule has 2 N–H and O–H groups in total. The van der Waals surface area contributed by atoms with Gasteiger partial charge in [-0.1, -0.05) is 0 Å². The Hall–Kier alpha value is -0.770. The molecular formula is C14H23NO7. The summed E-state index contributed by atoms with van der Waals surface area (Å²) in [6.45, 7) is 7.31. The van der Waals surface area contributed by atoms with Gasteiger partial charge in [0.15, 0.2) is 23.4 Å². The maximum Gasteiger partial charge on any atom is 0.331 e. The van der Waals surface area contributed by atoms with Crippen LogP contribution in [0.4, 0.5) is 0 Å². The van der Waals surface area contributed by atoms with Gasteiger partial charge in [-0.3, -0.25) is 0 Å². The van der Waals surface area contributed by atoms with Crippen LogP contribution in [-0.2, 0) is 33.2 Å². The zero-order valence-electron chi connectivity index (χ0n) is 13.5. The highest BCUT2D eigenvalue weighted by atomic mass is 16.8. The first-order valence-corrected chi connectivity index (χ1v) is 7.29. The molecule has 3 aliphatic rings. The van der Waals surface area contributed by atoms with Crippen LogP contribution in [0.25, 0.3) is 0 Å². The van der Waals surface area contributed by atoms with E-state index in [9.17, 15) is 4.79 Å². The second-order valence-corrected chi connectivity index (χ2v) is 6.77. The van der Waals surface area contributed by atoms with E-state index in [1.165, 1.54) is 7.11 Å². The molecule has 0 unspecified atom stereocenters. The van der Waals surface area contributed by atoms with Gasteiger partial charge >= 0.3 is 5.97 Å². The second-order valence-electron chi connectivity index (χ2n) is 6.77. The van der Waals surface area contributed by atoms with E-state index in [1.54, 1.807) is 27.7 Å². The predicted octanol–water partition coefficient (Wildman–Crippen LogP) is -0.115. The fourth-order valence-electron chi connectivity index (χ4n) is 3.24. The fourth-order valence-corrected chi connectivity index (χ4v) is 3.24. The first kappa shape index (κ1) is 16.1. The van der Waals surface area contributed by atoms with Crippen molar-refractivity contribution in [2.45, 2.75) is 69.4 Å². The Morgan fingerprint density at radius 3 is 2.32 bits per heavy atom. The Morgan fingerprint density at radius 1 is 1.09 bits per heavy atom. The van der Waals surface area contributed by atoms with Gasteiger partial charge in [-0.25, -0.2) is 4.79 Å². The lowest BCUT2D eigenvalue weighted by molar-refractivity contribution is -0.230. The molecule has 0 aromatic carbocycles. The van der Waals surface area contributed by atoms with Crippen molar-refractivity contribution >= 4 is 5.97 Å². The molecule has 3 heterocycles. The Morgan fingerprint density at radius 2 is 1.77 bits per heavy atom. The number of hydrogen-bond acceptors (Lipinski definition) is 8. The highest BCUT2D eigenvalue weighted by Gasteiger charge is 2.69. The third-order valence-corrected chi connectivity index (χ3v) is 4.19. The van der Waals surface area contributed by atoms with E-state index in [-0.39, 0.29) is 6.61 Å². The average Bonchev–Trinajstić information content (AvgIpc) is 3.00. The van der Waals surface area contributed by atoms with E-state index in [0.717, 1.165) is 0 Å². The summed E-state index contributed by atoms with van der Waals surface area (Å²) in [7, 11) is 1.28. The van der Waals surface area contributed by atoms with Crippen molar-refractivity contribution in [1.82, 2.24) is 0 Å². The largest absolute Gasteiger partial charge is 0.467 e. The van der Waals surface area contributed by atoms with Gasteiger partial charge in [-0.15, -0.1) is 0 Å². The predicted molar refractivity (Wildman–Crippen MR) is 72.5 cm³/mol. The van der Waals surface area contributed by atoms with Gasteiger partial charge in [0.05, 0.1) is 13.7 Å². The van der Waals surface area contributed by atoms with Crippen molar-refractivity contribution in [3.8, 4) is 0 Å². The van der Waals surface area contributed by atoms with E-state index < -0.39 is 47.7 Å². The van der Waals surface area contributed by atoms with Crippen molar-refractivity contribution in [2.75, 3.05) is 13.7 Å². The maximum atomic E-state index is 12.4. The lowest BCUT2D eigenvalue weighted by Crippen LogP contribution is -2.65. The summed E-state index contributed by atoms with van der Waals surface area (Å²) in [5, 5.41) is 0. The molecule has 0 amide bonds. The summed E-state index contributed by atoms with van der Waals surface area (Å²) in [5.41, 5.74) is 4.87. The Balaban J connectivity index is 1.90. The first-order chi connectivity index (χ1) is 10.1. The van der Waals surface area contributed by atoms with Crippen LogP contribution >= 0.6 is 0 Å². The van der Waals surface area contributed by atoms with Crippen LogP contribution in [0.15, 0.2) is 0 Å². The quantitative estimate of drug-likeness (QED) is 0.704. The number of methoxy groups -OCH3 is 1. The van der Waals surface area contributed by atoms with Crippen LogP contribution in [0, 0.1) is 0 Å². The van der Waals surface area contributed by atoms with Crippen molar-refractivity contribution in [3.63, 3.8) is 0 Å². The number of hydrogen-bond donors (Lipinski definition) is 1. The summed E-state index contributed by atoms with van der Waals surface area (Å²) >= 11 is 0. The number of fused-ring (bicyclic) bond motifs is 1. The Kier molecular flexibility index (Phi) is 3.56. The van der Waals surface area contributed by atoms with E-state index in [1.807, 2.05) is 0 Å². The van der Waals surface area contributed by atoms with Crippen molar-refractivity contribution < 1.29 is 33.2 Å². The molecule has 8 heteroatoms. The van der Waals surface area contributed by atoms with Crippen LogP contribution in [0.3, 0.4) is 0 Å². The summed E-state index contributed by atoms with van der Waals surface area (Å²) in [6.07, 6.45) is -2.82. The second kappa shape index (κ2) is 4.86. The average molecular weight is 317 g/mol. The summed E-state index contributed by atoms with van der Waals surface area (Å²) in [6, 6.07) is 0. The van der Waals surface area contributed by atoms with Gasteiger partial charge in [-0.2, -0.15) is 0 Å². The van der Waals surface area contributed by atoms with Crippen molar-refractivity contribution in [3.05, 3.63) is 0 Å². The van der Waals surface area contributed by atoms with Gasteiger partial charge in [0.1, 0.15) is 18.3 Å². The summed E-state index contributed by atoms with van der Waals surface area (Å²) in [5.74, 6) is -2.27. The number of ether oxygens (including phenoxy) is 6. The Labute approximate surface area is 129 Å². The molecule has 126 valence electrons. The number of esters is 1. The number of rotatable bonds is 2. The van der Waals surface area contributed by atoms with Crippen molar-refractivity contribution in [1.29, 1.82) is 0 Å². The topological polar surface area (TPSA) is 98.5 Å². The van der Waals surface area contributed by atoms with E-state index >= 15 is 0 Å². The summed E-state index contributed by atoms with van der Waals surface area (Å²) < 4.78 is 33.5. The SMILES string of the molecule is COC(=O)[C@]1(N)[C@@H]([C@H]2COC(C)(C)O2)O[C@@H]2OC(C)(C)O[C@@H]21. The molecule has 3 rings (SSSR count). The smallest absolute Gasteiger partial charge is 0.331 e. The van der Waals surface area contributed by atoms with Gasteiger partial charge in [0.2, 0.25) is 0 Å². The van der Waals surface area contributed by atoms with Crippen LogP contribution in [0.5, 0.6) is 0 Å². The molecule has 5 atom stereocenters. The molecular weight excluding hydrogens is 294 g/mol. The number of carbonyl (C=O) groups is 1. The maximum absolute atomic E-state index is 12.4. The minimum absolute atomic E-state index is 0.260. The molecule has 0 radical (unpaired) electrons. The van der Waals surface area contributed by atoms with Gasteiger partial charge in [-0.05, 0) is 27.7 Å². The van der Waals surface area contributed by atoms with Crippen LogP contribution in [-0.4, -0.2) is 61.4 Å². The molecule has 0 saturated carbocycles. The van der Waals surface area contributed by atoms with Crippen molar-refractivity contribution in [2.24, 2.45) is 5.73 Å². The lowest BCUT2D eigenvalue weighted by Gasteiger charge is -2.34. The lowest BCUT2D eigenvalue weighted by atomic mass is 9.86. The number of nitrogens with two attached hydrogens (primary N) is 1. The van der Waals surface area contributed by atoms with Crippen LogP contribution in [0.2, 0.25) is 0 Å². The fraction of sp³-hybridized carbons (Fsp3) is 0.929. The Bertz CT molecular complexity index is 480. The molecule has 22 heavy (non-hydrogen) atoms. The monoisotopic (exact) mass is 317 g/mol.